The summed E-state index contributed by atoms with van der Waals surface area (Å²) in [6, 6.07) is 0.724. The monoisotopic (exact) mass is 309 g/mol. The maximum atomic E-state index is 12.3. The summed E-state index contributed by atoms with van der Waals surface area (Å²) in [6.07, 6.45) is 5.04. The molecule has 22 heavy (non-hydrogen) atoms. The van der Waals surface area contributed by atoms with Crippen molar-refractivity contribution in [1.82, 2.24) is 15.1 Å². The SMILES string of the molecule is CCN(CC)C(C)CNC(=O)C1CC(=O)N(C2CCCC2)C1. The second-order valence-corrected chi connectivity index (χ2v) is 6.70. The van der Waals surface area contributed by atoms with Crippen molar-refractivity contribution in [3.8, 4) is 0 Å². The highest BCUT2D eigenvalue weighted by molar-refractivity contribution is 5.89. The van der Waals surface area contributed by atoms with Gasteiger partial charge in [-0.15, -0.1) is 0 Å². The molecule has 0 aromatic heterocycles. The van der Waals surface area contributed by atoms with Crippen molar-refractivity contribution in [1.29, 1.82) is 0 Å². The van der Waals surface area contributed by atoms with Gasteiger partial charge in [0.1, 0.15) is 0 Å². The quantitative estimate of drug-likeness (QED) is 0.777. The highest BCUT2D eigenvalue weighted by atomic mass is 16.2. The van der Waals surface area contributed by atoms with Crippen LogP contribution in [0.4, 0.5) is 0 Å². The van der Waals surface area contributed by atoms with Gasteiger partial charge in [-0.25, -0.2) is 0 Å². The number of hydrogen-bond acceptors (Lipinski definition) is 3. The Morgan fingerprint density at radius 3 is 2.55 bits per heavy atom. The first-order valence-electron chi connectivity index (χ1n) is 8.88. The molecule has 1 heterocycles. The summed E-state index contributed by atoms with van der Waals surface area (Å²) in [6.45, 7) is 9.67. The number of likely N-dealkylation sites (tertiary alicyclic amines) is 1. The van der Waals surface area contributed by atoms with Gasteiger partial charge in [0.25, 0.3) is 0 Å². The van der Waals surface area contributed by atoms with Crippen molar-refractivity contribution in [3.05, 3.63) is 0 Å². The molecule has 5 heteroatoms. The van der Waals surface area contributed by atoms with E-state index < -0.39 is 0 Å². The molecule has 0 spiro atoms. The average Bonchev–Trinajstić information content (AvgIpc) is 3.15. The zero-order chi connectivity index (χ0) is 16.1. The lowest BCUT2D eigenvalue weighted by atomic mass is 10.1. The number of nitrogens with one attached hydrogen (secondary N) is 1. The van der Waals surface area contributed by atoms with Crippen molar-refractivity contribution in [2.45, 2.75) is 65.0 Å². The van der Waals surface area contributed by atoms with Gasteiger partial charge in [0.2, 0.25) is 11.8 Å². The minimum atomic E-state index is -0.156. The van der Waals surface area contributed by atoms with Gasteiger partial charge in [-0.3, -0.25) is 14.5 Å². The fourth-order valence-corrected chi connectivity index (χ4v) is 3.84. The van der Waals surface area contributed by atoms with Gasteiger partial charge in [-0.2, -0.15) is 0 Å². The molecule has 2 atom stereocenters. The molecule has 0 aromatic carbocycles. The van der Waals surface area contributed by atoms with Crippen molar-refractivity contribution < 1.29 is 9.59 Å². The van der Waals surface area contributed by atoms with Crippen LogP contribution >= 0.6 is 0 Å². The maximum Gasteiger partial charge on any atom is 0.225 e. The molecule has 1 saturated carbocycles. The molecule has 1 N–H and O–H groups in total. The second-order valence-electron chi connectivity index (χ2n) is 6.70. The van der Waals surface area contributed by atoms with Crippen LogP contribution in [0.1, 0.15) is 52.9 Å². The van der Waals surface area contributed by atoms with E-state index in [1.54, 1.807) is 0 Å². The van der Waals surface area contributed by atoms with E-state index >= 15 is 0 Å². The maximum absolute atomic E-state index is 12.3. The Kier molecular flexibility index (Phi) is 6.24. The largest absolute Gasteiger partial charge is 0.354 e. The molecule has 1 saturated heterocycles. The van der Waals surface area contributed by atoms with Gasteiger partial charge in [0.05, 0.1) is 5.92 Å². The molecule has 5 nitrogen and oxygen atoms in total. The third-order valence-corrected chi connectivity index (χ3v) is 5.30. The summed E-state index contributed by atoms with van der Waals surface area (Å²) in [4.78, 5) is 28.8. The van der Waals surface area contributed by atoms with Crippen molar-refractivity contribution >= 4 is 11.8 Å². The van der Waals surface area contributed by atoms with E-state index in [-0.39, 0.29) is 17.7 Å². The average molecular weight is 309 g/mol. The lowest BCUT2D eigenvalue weighted by Crippen LogP contribution is -2.44. The molecule has 2 amide bonds. The second kappa shape index (κ2) is 7.95. The zero-order valence-electron chi connectivity index (χ0n) is 14.3. The number of likely N-dealkylation sites (N-methyl/N-ethyl adjacent to an activating group) is 1. The Hall–Kier alpha value is -1.10. The van der Waals surface area contributed by atoms with Crippen LogP contribution in [0.2, 0.25) is 0 Å². The third-order valence-electron chi connectivity index (χ3n) is 5.30. The van der Waals surface area contributed by atoms with E-state index in [1.807, 2.05) is 4.90 Å². The summed E-state index contributed by atoms with van der Waals surface area (Å²) >= 11 is 0. The highest BCUT2D eigenvalue weighted by Crippen LogP contribution is 2.29. The first-order chi connectivity index (χ1) is 10.6. The third kappa shape index (κ3) is 4.00. The first kappa shape index (κ1) is 17.3. The number of carbonyl (C=O) groups excluding carboxylic acids is 2. The Labute approximate surface area is 134 Å². The van der Waals surface area contributed by atoms with Crippen molar-refractivity contribution in [2.75, 3.05) is 26.2 Å². The van der Waals surface area contributed by atoms with Crippen LogP contribution in [0, 0.1) is 5.92 Å². The van der Waals surface area contributed by atoms with Crippen LogP contribution in [0.15, 0.2) is 0 Å². The Balaban J connectivity index is 1.79. The summed E-state index contributed by atoms with van der Waals surface area (Å²) in [5.74, 6) is 0.0636. The number of carbonyl (C=O) groups is 2. The van der Waals surface area contributed by atoms with E-state index in [9.17, 15) is 9.59 Å². The van der Waals surface area contributed by atoms with Gasteiger partial charge in [0.15, 0.2) is 0 Å². The topological polar surface area (TPSA) is 52.7 Å². The highest BCUT2D eigenvalue weighted by Gasteiger charge is 2.38. The van der Waals surface area contributed by atoms with E-state index in [4.69, 9.17) is 0 Å². The van der Waals surface area contributed by atoms with Gasteiger partial charge in [0, 0.05) is 31.6 Å². The zero-order valence-corrected chi connectivity index (χ0v) is 14.3. The lowest BCUT2D eigenvalue weighted by molar-refractivity contribution is -0.130. The molecule has 1 aliphatic heterocycles. The standard InChI is InChI=1S/C17H31N3O2/c1-4-19(5-2)13(3)11-18-17(22)14-10-16(21)20(12-14)15-8-6-7-9-15/h13-15H,4-12H2,1-3H3,(H,18,22). The van der Waals surface area contributed by atoms with Gasteiger partial charge < -0.3 is 10.2 Å². The lowest BCUT2D eigenvalue weighted by Gasteiger charge is -2.27. The predicted octanol–water partition coefficient (Wildman–Crippen LogP) is 1.62. The summed E-state index contributed by atoms with van der Waals surface area (Å²) in [5, 5.41) is 3.05. The Bertz CT molecular complexity index is 389. The molecule has 0 aromatic rings. The molecule has 1 aliphatic carbocycles. The van der Waals surface area contributed by atoms with Gasteiger partial charge >= 0.3 is 0 Å². The van der Waals surface area contributed by atoms with Crippen LogP contribution in [0.3, 0.4) is 0 Å². The fraction of sp³-hybridized carbons (Fsp3) is 0.882. The summed E-state index contributed by atoms with van der Waals surface area (Å²) < 4.78 is 0. The predicted molar refractivity (Wildman–Crippen MR) is 87.5 cm³/mol. The molecular weight excluding hydrogens is 278 g/mol. The molecule has 2 aliphatic rings. The normalized spacial score (nSPS) is 24.3. The molecule has 2 unspecified atom stereocenters. The fourth-order valence-electron chi connectivity index (χ4n) is 3.84. The van der Waals surface area contributed by atoms with E-state index in [0.717, 1.165) is 25.9 Å². The Morgan fingerprint density at radius 1 is 1.32 bits per heavy atom. The van der Waals surface area contributed by atoms with Crippen molar-refractivity contribution in [3.63, 3.8) is 0 Å². The number of nitrogens with zero attached hydrogens (tertiary/aromatic N) is 2. The van der Waals surface area contributed by atoms with E-state index in [0.29, 0.717) is 31.6 Å². The molecule has 2 rings (SSSR count). The molecule has 2 fully saturated rings. The smallest absolute Gasteiger partial charge is 0.225 e. The van der Waals surface area contributed by atoms with Crippen LogP contribution in [0.25, 0.3) is 0 Å². The number of hydrogen-bond donors (Lipinski definition) is 1. The molecule has 126 valence electrons. The van der Waals surface area contributed by atoms with Gasteiger partial charge in [-0.1, -0.05) is 26.7 Å². The summed E-state index contributed by atoms with van der Waals surface area (Å²) in [7, 11) is 0. The molecule has 0 bridgehead atoms. The van der Waals surface area contributed by atoms with Crippen LogP contribution < -0.4 is 5.32 Å². The van der Waals surface area contributed by atoms with Crippen LogP contribution in [-0.2, 0) is 9.59 Å². The minimum Gasteiger partial charge on any atom is -0.354 e. The molecule has 0 radical (unpaired) electrons. The van der Waals surface area contributed by atoms with Crippen LogP contribution in [-0.4, -0.2) is 59.9 Å². The van der Waals surface area contributed by atoms with Crippen LogP contribution in [0.5, 0.6) is 0 Å². The molecular formula is C17H31N3O2. The van der Waals surface area contributed by atoms with Crippen molar-refractivity contribution in [2.24, 2.45) is 5.92 Å². The van der Waals surface area contributed by atoms with Gasteiger partial charge in [-0.05, 0) is 32.9 Å². The summed E-state index contributed by atoms with van der Waals surface area (Å²) in [5.41, 5.74) is 0. The first-order valence-corrected chi connectivity index (χ1v) is 8.88. The van der Waals surface area contributed by atoms with E-state index in [1.165, 1.54) is 12.8 Å². The Morgan fingerprint density at radius 2 is 1.95 bits per heavy atom. The number of amides is 2. The minimum absolute atomic E-state index is 0.0489. The number of rotatable bonds is 7. The van der Waals surface area contributed by atoms with E-state index in [2.05, 4.69) is 31.0 Å².